The standard InChI is InChI=1S/C21H25FN2O6S/c1-28-16-5-6-17(19(13-16)30-3)23-21(25)14-8-10-24(11-9-14)31(26,27)20-12-15(22)4-7-18(20)29-2/h4-7,12-14H,8-11H2,1-3H3,(H,23,25). The summed E-state index contributed by atoms with van der Waals surface area (Å²) in [5.74, 6) is -0.112. The Morgan fingerprint density at radius 3 is 2.29 bits per heavy atom. The van der Waals surface area contributed by atoms with Crippen molar-refractivity contribution in [2.24, 2.45) is 5.92 Å². The second-order valence-electron chi connectivity index (χ2n) is 7.03. The number of piperidine rings is 1. The van der Waals surface area contributed by atoms with E-state index in [0.29, 0.717) is 30.0 Å². The molecule has 1 heterocycles. The van der Waals surface area contributed by atoms with Gasteiger partial charge >= 0.3 is 0 Å². The van der Waals surface area contributed by atoms with Crippen molar-refractivity contribution in [3.63, 3.8) is 0 Å². The van der Waals surface area contributed by atoms with Crippen LogP contribution in [0.4, 0.5) is 10.1 Å². The number of hydrogen-bond donors (Lipinski definition) is 1. The lowest BCUT2D eigenvalue weighted by molar-refractivity contribution is -0.120. The zero-order valence-corrected chi connectivity index (χ0v) is 18.4. The number of nitrogens with zero attached hydrogens (tertiary/aromatic N) is 1. The Kier molecular flexibility index (Phi) is 7.01. The van der Waals surface area contributed by atoms with Gasteiger partial charge in [-0.3, -0.25) is 4.79 Å². The van der Waals surface area contributed by atoms with Crippen LogP contribution >= 0.6 is 0 Å². The molecular weight excluding hydrogens is 427 g/mol. The second kappa shape index (κ2) is 9.52. The fraction of sp³-hybridized carbons (Fsp3) is 0.381. The van der Waals surface area contributed by atoms with Crippen LogP contribution in [-0.2, 0) is 14.8 Å². The molecule has 1 fully saturated rings. The van der Waals surface area contributed by atoms with Gasteiger partial charge in [-0.15, -0.1) is 0 Å². The monoisotopic (exact) mass is 452 g/mol. The van der Waals surface area contributed by atoms with Crippen LogP contribution in [0, 0.1) is 11.7 Å². The van der Waals surface area contributed by atoms with Gasteiger partial charge < -0.3 is 19.5 Å². The predicted octanol–water partition coefficient (Wildman–Crippen LogP) is 2.89. The Labute approximate surface area is 181 Å². The molecule has 1 N–H and O–H groups in total. The van der Waals surface area contributed by atoms with E-state index in [1.165, 1.54) is 31.7 Å². The fourth-order valence-corrected chi connectivity index (χ4v) is 5.12. The van der Waals surface area contributed by atoms with E-state index >= 15 is 0 Å². The molecule has 1 aliphatic heterocycles. The molecule has 168 valence electrons. The molecule has 2 aromatic carbocycles. The van der Waals surface area contributed by atoms with E-state index < -0.39 is 15.8 Å². The molecule has 0 spiro atoms. The van der Waals surface area contributed by atoms with Gasteiger partial charge in [0.25, 0.3) is 0 Å². The quantitative estimate of drug-likeness (QED) is 0.694. The summed E-state index contributed by atoms with van der Waals surface area (Å²) >= 11 is 0. The van der Waals surface area contributed by atoms with Gasteiger partial charge in [-0.1, -0.05) is 0 Å². The molecule has 0 bridgehead atoms. The number of methoxy groups -OCH3 is 3. The fourth-order valence-electron chi connectivity index (χ4n) is 3.49. The molecule has 0 saturated carbocycles. The number of hydrogen-bond acceptors (Lipinski definition) is 6. The molecule has 0 radical (unpaired) electrons. The normalized spacial score (nSPS) is 15.4. The zero-order chi connectivity index (χ0) is 22.6. The highest BCUT2D eigenvalue weighted by molar-refractivity contribution is 7.89. The molecule has 31 heavy (non-hydrogen) atoms. The Morgan fingerprint density at radius 2 is 1.68 bits per heavy atom. The van der Waals surface area contributed by atoms with Crippen molar-refractivity contribution < 1.29 is 31.8 Å². The minimum absolute atomic E-state index is 0.0767. The Bertz CT molecular complexity index is 1050. The number of anilines is 1. The van der Waals surface area contributed by atoms with E-state index in [-0.39, 0.29) is 35.6 Å². The zero-order valence-electron chi connectivity index (χ0n) is 17.6. The van der Waals surface area contributed by atoms with Crippen LogP contribution in [0.25, 0.3) is 0 Å². The second-order valence-corrected chi connectivity index (χ2v) is 8.94. The van der Waals surface area contributed by atoms with Crippen molar-refractivity contribution in [3.05, 3.63) is 42.2 Å². The number of benzene rings is 2. The van der Waals surface area contributed by atoms with E-state index in [2.05, 4.69) is 5.32 Å². The molecular formula is C21H25FN2O6S. The average Bonchev–Trinajstić information content (AvgIpc) is 2.79. The van der Waals surface area contributed by atoms with Gasteiger partial charge in [0.1, 0.15) is 28.0 Å². The maximum atomic E-state index is 13.7. The van der Waals surface area contributed by atoms with E-state index in [4.69, 9.17) is 14.2 Å². The van der Waals surface area contributed by atoms with E-state index in [9.17, 15) is 17.6 Å². The van der Waals surface area contributed by atoms with Gasteiger partial charge in [0.2, 0.25) is 15.9 Å². The van der Waals surface area contributed by atoms with E-state index in [0.717, 1.165) is 12.1 Å². The summed E-state index contributed by atoms with van der Waals surface area (Å²) < 4.78 is 56.4. The van der Waals surface area contributed by atoms with Gasteiger partial charge in [0, 0.05) is 25.1 Å². The summed E-state index contributed by atoms with van der Waals surface area (Å²) in [5.41, 5.74) is 0.507. The van der Waals surface area contributed by atoms with Gasteiger partial charge in [-0.25, -0.2) is 12.8 Å². The smallest absolute Gasteiger partial charge is 0.246 e. The average molecular weight is 453 g/mol. The van der Waals surface area contributed by atoms with Crippen LogP contribution in [0.5, 0.6) is 17.2 Å². The van der Waals surface area contributed by atoms with Crippen LogP contribution in [0.3, 0.4) is 0 Å². The third-order valence-electron chi connectivity index (χ3n) is 5.23. The summed E-state index contributed by atoms with van der Waals surface area (Å²) in [6.45, 7) is 0.277. The van der Waals surface area contributed by atoms with Crippen molar-refractivity contribution >= 4 is 21.6 Å². The SMILES string of the molecule is COc1ccc(NC(=O)C2CCN(S(=O)(=O)c3cc(F)ccc3OC)CC2)c(OC)c1. The van der Waals surface area contributed by atoms with E-state index in [1.807, 2.05) is 0 Å². The van der Waals surface area contributed by atoms with Crippen LogP contribution in [0.2, 0.25) is 0 Å². The molecule has 3 rings (SSSR count). The molecule has 0 aromatic heterocycles. The van der Waals surface area contributed by atoms with Crippen LogP contribution < -0.4 is 19.5 Å². The Balaban J connectivity index is 1.68. The lowest BCUT2D eigenvalue weighted by Crippen LogP contribution is -2.41. The first-order valence-electron chi connectivity index (χ1n) is 9.66. The maximum absolute atomic E-state index is 13.7. The number of rotatable bonds is 7. The maximum Gasteiger partial charge on any atom is 0.246 e. The number of carbonyl (C=O) groups is 1. The predicted molar refractivity (Wildman–Crippen MR) is 113 cm³/mol. The van der Waals surface area contributed by atoms with Crippen molar-refractivity contribution in [1.82, 2.24) is 4.31 Å². The highest BCUT2D eigenvalue weighted by Gasteiger charge is 2.34. The molecule has 8 nitrogen and oxygen atoms in total. The first-order valence-corrected chi connectivity index (χ1v) is 11.1. The molecule has 2 aromatic rings. The summed E-state index contributed by atoms with van der Waals surface area (Å²) in [7, 11) is 0.409. The van der Waals surface area contributed by atoms with Crippen LogP contribution in [0.1, 0.15) is 12.8 Å². The van der Waals surface area contributed by atoms with Crippen molar-refractivity contribution in [1.29, 1.82) is 0 Å². The first kappa shape index (κ1) is 22.8. The molecule has 0 unspecified atom stereocenters. The highest BCUT2D eigenvalue weighted by Crippen LogP contribution is 2.32. The first-order chi connectivity index (χ1) is 14.8. The van der Waals surface area contributed by atoms with Crippen molar-refractivity contribution in [2.75, 3.05) is 39.7 Å². The molecule has 1 amide bonds. The minimum Gasteiger partial charge on any atom is -0.497 e. The Hall–Kier alpha value is -2.85. The lowest BCUT2D eigenvalue weighted by atomic mass is 9.97. The summed E-state index contributed by atoms with van der Waals surface area (Å²) in [6.07, 6.45) is 0.669. The number of halogens is 1. The number of ether oxygens (including phenoxy) is 3. The summed E-state index contributed by atoms with van der Waals surface area (Å²) in [4.78, 5) is 12.5. The molecule has 0 aliphatic carbocycles. The van der Waals surface area contributed by atoms with Crippen molar-refractivity contribution in [2.45, 2.75) is 17.7 Å². The topological polar surface area (TPSA) is 94.2 Å². The lowest BCUT2D eigenvalue weighted by Gasteiger charge is -2.31. The van der Waals surface area contributed by atoms with Gasteiger partial charge in [-0.2, -0.15) is 4.31 Å². The number of carbonyl (C=O) groups excluding carboxylic acids is 1. The van der Waals surface area contributed by atoms with Gasteiger partial charge in [0.05, 0.1) is 27.0 Å². The van der Waals surface area contributed by atoms with Crippen LogP contribution in [-0.4, -0.2) is 53.0 Å². The third-order valence-corrected chi connectivity index (χ3v) is 7.15. The van der Waals surface area contributed by atoms with Crippen molar-refractivity contribution in [3.8, 4) is 17.2 Å². The molecule has 1 saturated heterocycles. The molecule has 1 aliphatic rings. The third kappa shape index (κ3) is 4.91. The molecule has 10 heteroatoms. The highest BCUT2D eigenvalue weighted by atomic mass is 32.2. The van der Waals surface area contributed by atoms with Crippen LogP contribution in [0.15, 0.2) is 41.3 Å². The number of sulfonamides is 1. The summed E-state index contributed by atoms with van der Waals surface area (Å²) in [6, 6.07) is 8.43. The largest absolute Gasteiger partial charge is 0.497 e. The van der Waals surface area contributed by atoms with Gasteiger partial charge in [0.15, 0.2) is 0 Å². The Morgan fingerprint density at radius 1 is 1.00 bits per heavy atom. The summed E-state index contributed by atoms with van der Waals surface area (Å²) in [5, 5.41) is 2.84. The number of nitrogens with one attached hydrogen (secondary N) is 1. The molecule has 0 atom stereocenters. The van der Waals surface area contributed by atoms with E-state index in [1.54, 1.807) is 18.2 Å². The minimum atomic E-state index is -3.95. The van der Waals surface area contributed by atoms with Gasteiger partial charge in [-0.05, 0) is 43.2 Å². The number of amides is 1.